The predicted octanol–water partition coefficient (Wildman–Crippen LogP) is 2.70. The first kappa shape index (κ1) is 19.0. The molecule has 0 bridgehead atoms. The van der Waals surface area contributed by atoms with E-state index in [9.17, 15) is 14.4 Å². The molecule has 2 aromatic rings. The summed E-state index contributed by atoms with van der Waals surface area (Å²) in [5.74, 6) is -1.07. The van der Waals surface area contributed by atoms with Crippen LogP contribution in [0, 0.1) is 0 Å². The van der Waals surface area contributed by atoms with Crippen LogP contribution < -0.4 is 10.6 Å². The number of ether oxygens (including phenoxy) is 2. The molecule has 0 aromatic heterocycles. The van der Waals surface area contributed by atoms with Gasteiger partial charge in [0.25, 0.3) is 0 Å². The number of para-hydroxylation sites is 1. The number of methoxy groups -OCH3 is 2. The zero-order valence-electron chi connectivity index (χ0n) is 14.6. The molecule has 7 heteroatoms. The van der Waals surface area contributed by atoms with Gasteiger partial charge in [0.05, 0.1) is 25.3 Å². The number of nitrogens with one attached hydrogen (secondary N) is 2. The monoisotopic (exact) mass is 356 g/mol. The fourth-order valence-corrected chi connectivity index (χ4v) is 2.27. The molecule has 2 N–H and O–H groups in total. The van der Waals surface area contributed by atoms with E-state index in [1.165, 1.54) is 14.2 Å². The molecule has 0 spiro atoms. The van der Waals surface area contributed by atoms with Gasteiger partial charge >= 0.3 is 11.9 Å². The summed E-state index contributed by atoms with van der Waals surface area (Å²) in [5, 5.41) is 5.79. The lowest BCUT2D eigenvalue weighted by atomic mass is 10.1. The van der Waals surface area contributed by atoms with Crippen molar-refractivity contribution in [1.29, 1.82) is 0 Å². The van der Waals surface area contributed by atoms with E-state index >= 15 is 0 Å². The van der Waals surface area contributed by atoms with Crippen LogP contribution in [0.4, 0.5) is 11.4 Å². The largest absolute Gasteiger partial charge is 0.465 e. The van der Waals surface area contributed by atoms with E-state index in [-0.39, 0.29) is 12.3 Å². The van der Waals surface area contributed by atoms with Gasteiger partial charge < -0.3 is 20.1 Å². The zero-order valence-corrected chi connectivity index (χ0v) is 14.6. The molecule has 0 radical (unpaired) electrons. The molecule has 2 rings (SSSR count). The summed E-state index contributed by atoms with van der Waals surface area (Å²) < 4.78 is 9.35. The maximum absolute atomic E-state index is 12.0. The Balaban J connectivity index is 1.86. The van der Waals surface area contributed by atoms with Crippen molar-refractivity contribution in [2.24, 2.45) is 0 Å². The normalized spacial score (nSPS) is 9.92. The number of hydrogen-bond acceptors (Lipinski definition) is 6. The first-order chi connectivity index (χ1) is 12.5. The van der Waals surface area contributed by atoms with Gasteiger partial charge in [-0.25, -0.2) is 9.59 Å². The topological polar surface area (TPSA) is 93.7 Å². The maximum atomic E-state index is 12.0. The van der Waals surface area contributed by atoms with Gasteiger partial charge in [0.1, 0.15) is 0 Å². The highest BCUT2D eigenvalue weighted by molar-refractivity contribution is 5.96. The van der Waals surface area contributed by atoms with Crippen LogP contribution in [0.25, 0.3) is 0 Å². The standard InChI is InChI=1S/C19H20N2O5/c1-25-18(23)13-7-9-14(10-8-13)21-17(22)11-12-20-16-6-4-3-5-15(16)19(24)26-2/h3-10,20H,11-12H2,1-2H3,(H,21,22). The Hall–Kier alpha value is -3.35. The number of rotatable bonds is 7. The van der Waals surface area contributed by atoms with Crippen LogP contribution in [0.5, 0.6) is 0 Å². The van der Waals surface area contributed by atoms with E-state index < -0.39 is 11.9 Å². The Morgan fingerprint density at radius 1 is 0.885 bits per heavy atom. The third-order valence-corrected chi connectivity index (χ3v) is 3.59. The van der Waals surface area contributed by atoms with Crippen molar-refractivity contribution in [3.8, 4) is 0 Å². The maximum Gasteiger partial charge on any atom is 0.339 e. The Labute approximate surface area is 151 Å². The molecule has 26 heavy (non-hydrogen) atoms. The summed E-state index contributed by atoms with van der Waals surface area (Å²) in [6, 6.07) is 13.3. The van der Waals surface area contributed by atoms with Gasteiger partial charge in [0.2, 0.25) is 5.91 Å². The molecule has 136 valence electrons. The molecule has 7 nitrogen and oxygen atoms in total. The summed E-state index contributed by atoms with van der Waals surface area (Å²) in [6.07, 6.45) is 0.203. The zero-order chi connectivity index (χ0) is 18.9. The third-order valence-electron chi connectivity index (χ3n) is 3.59. The number of carbonyl (C=O) groups excluding carboxylic acids is 3. The van der Waals surface area contributed by atoms with Gasteiger partial charge in [0.15, 0.2) is 0 Å². The van der Waals surface area contributed by atoms with Crippen molar-refractivity contribution in [1.82, 2.24) is 0 Å². The molecule has 0 heterocycles. The van der Waals surface area contributed by atoms with E-state index in [1.807, 2.05) is 0 Å². The number of hydrogen-bond donors (Lipinski definition) is 2. The fraction of sp³-hybridized carbons (Fsp3) is 0.211. The van der Waals surface area contributed by atoms with Crippen LogP contribution in [0.3, 0.4) is 0 Å². The van der Waals surface area contributed by atoms with Gasteiger partial charge in [-0.05, 0) is 36.4 Å². The second-order valence-corrected chi connectivity index (χ2v) is 5.33. The first-order valence-electron chi connectivity index (χ1n) is 7.94. The lowest BCUT2D eigenvalue weighted by Gasteiger charge is -2.11. The Kier molecular flexibility index (Phi) is 6.73. The fourth-order valence-electron chi connectivity index (χ4n) is 2.27. The molecule has 0 aliphatic carbocycles. The van der Waals surface area contributed by atoms with Crippen LogP contribution in [0.2, 0.25) is 0 Å². The molecular weight excluding hydrogens is 336 g/mol. The number of benzene rings is 2. The van der Waals surface area contributed by atoms with Crippen LogP contribution in [0.15, 0.2) is 48.5 Å². The van der Waals surface area contributed by atoms with Gasteiger partial charge in [-0.3, -0.25) is 4.79 Å². The van der Waals surface area contributed by atoms with Crippen LogP contribution in [0.1, 0.15) is 27.1 Å². The summed E-state index contributed by atoms with van der Waals surface area (Å²) in [7, 11) is 2.63. The second-order valence-electron chi connectivity index (χ2n) is 5.33. The molecule has 0 saturated carbocycles. The van der Waals surface area contributed by atoms with Crippen molar-refractivity contribution in [2.75, 3.05) is 31.4 Å². The SMILES string of the molecule is COC(=O)c1ccc(NC(=O)CCNc2ccccc2C(=O)OC)cc1. The van der Waals surface area contributed by atoms with Crippen LogP contribution in [-0.4, -0.2) is 38.6 Å². The van der Waals surface area contributed by atoms with E-state index in [1.54, 1.807) is 48.5 Å². The molecule has 0 unspecified atom stereocenters. The molecule has 0 aliphatic rings. The Bertz CT molecular complexity index is 787. The van der Waals surface area contributed by atoms with Crippen molar-refractivity contribution in [3.63, 3.8) is 0 Å². The quantitative estimate of drug-likeness (QED) is 0.741. The highest BCUT2D eigenvalue weighted by Crippen LogP contribution is 2.16. The molecular formula is C19H20N2O5. The molecule has 1 amide bonds. The van der Waals surface area contributed by atoms with Crippen molar-refractivity contribution in [3.05, 3.63) is 59.7 Å². The van der Waals surface area contributed by atoms with E-state index in [2.05, 4.69) is 15.4 Å². The van der Waals surface area contributed by atoms with E-state index in [4.69, 9.17) is 4.74 Å². The number of esters is 2. The minimum Gasteiger partial charge on any atom is -0.465 e. The smallest absolute Gasteiger partial charge is 0.339 e. The number of amides is 1. The van der Waals surface area contributed by atoms with E-state index in [0.29, 0.717) is 29.0 Å². The summed E-state index contributed by atoms with van der Waals surface area (Å²) in [4.78, 5) is 35.1. The molecule has 0 aliphatic heterocycles. The van der Waals surface area contributed by atoms with Gasteiger partial charge in [0, 0.05) is 24.3 Å². The van der Waals surface area contributed by atoms with Crippen molar-refractivity contribution in [2.45, 2.75) is 6.42 Å². The molecule has 0 fully saturated rings. The van der Waals surface area contributed by atoms with Crippen molar-refractivity contribution < 1.29 is 23.9 Å². The molecule has 0 atom stereocenters. The number of carbonyl (C=O) groups is 3. The highest BCUT2D eigenvalue weighted by Gasteiger charge is 2.11. The van der Waals surface area contributed by atoms with Gasteiger partial charge in [-0.15, -0.1) is 0 Å². The lowest BCUT2D eigenvalue weighted by molar-refractivity contribution is -0.115. The summed E-state index contributed by atoms with van der Waals surface area (Å²) in [6.45, 7) is 0.347. The van der Waals surface area contributed by atoms with Crippen LogP contribution in [-0.2, 0) is 14.3 Å². The minimum atomic E-state index is -0.441. The first-order valence-corrected chi connectivity index (χ1v) is 7.94. The summed E-state index contributed by atoms with van der Waals surface area (Å²) >= 11 is 0. The summed E-state index contributed by atoms with van der Waals surface area (Å²) in [5.41, 5.74) is 2.01. The van der Waals surface area contributed by atoms with Crippen LogP contribution >= 0.6 is 0 Å². The average molecular weight is 356 g/mol. The highest BCUT2D eigenvalue weighted by atomic mass is 16.5. The molecule has 2 aromatic carbocycles. The van der Waals surface area contributed by atoms with Gasteiger partial charge in [-0.2, -0.15) is 0 Å². The number of anilines is 2. The van der Waals surface area contributed by atoms with Gasteiger partial charge in [-0.1, -0.05) is 12.1 Å². The third kappa shape index (κ3) is 5.07. The van der Waals surface area contributed by atoms with Crippen molar-refractivity contribution >= 4 is 29.2 Å². The second kappa shape index (κ2) is 9.22. The average Bonchev–Trinajstić information content (AvgIpc) is 2.67. The van der Waals surface area contributed by atoms with E-state index in [0.717, 1.165) is 0 Å². The predicted molar refractivity (Wildman–Crippen MR) is 97.3 cm³/mol. The Morgan fingerprint density at radius 3 is 2.19 bits per heavy atom. The minimum absolute atomic E-state index is 0.195. The Morgan fingerprint density at radius 2 is 1.54 bits per heavy atom. The molecule has 0 saturated heterocycles. The lowest BCUT2D eigenvalue weighted by Crippen LogP contribution is -2.17.